The normalized spacial score (nSPS) is 15.0. The second-order valence-corrected chi connectivity index (χ2v) is 7.87. The van der Waals surface area contributed by atoms with Crippen molar-refractivity contribution in [2.45, 2.75) is 44.4 Å². The predicted molar refractivity (Wildman–Crippen MR) is 95.7 cm³/mol. The molecule has 2 heterocycles. The molecule has 3 rings (SSSR count). The first-order valence-electron chi connectivity index (χ1n) is 7.97. The van der Waals surface area contributed by atoms with Gasteiger partial charge in [-0.15, -0.1) is 23.1 Å². The van der Waals surface area contributed by atoms with E-state index in [4.69, 9.17) is 4.98 Å². The lowest BCUT2D eigenvalue weighted by Crippen LogP contribution is -2.28. The number of amides is 1. The number of nitrogens with zero attached hydrogens (tertiary/aromatic N) is 2. The Bertz CT molecular complexity index is 634. The summed E-state index contributed by atoms with van der Waals surface area (Å²) >= 11 is 3.39. The zero-order valence-corrected chi connectivity index (χ0v) is 14.9. The molecule has 0 saturated carbocycles. The Balaban J connectivity index is 1.46. The Morgan fingerprint density at radius 3 is 2.91 bits per heavy atom. The molecule has 0 aliphatic heterocycles. The fourth-order valence-corrected chi connectivity index (χ4v) is 4.60. The van der Waals surface area contributed by atoms with Gasteiger partial charge in [0.25, 0.3) is 0 Å². The Morgan fingerprint density at radius 2 is 2.13 bits per heavy atom. The number of hydrogen-bond acceptors (Lipinski definition) is 5. The summed E-state index contributed by atoms with van der Waals surface area (Å²) in [6.45, 7) is 2.02. The van der Waals surface area contributed by atoms with Crippen LogP contribution in [-0.4, -0.2) is 21.6 Å². The Labute approximate surface area is 145 Å². The van der Waals surface area contributed by atoms with Gasteiger partial charge in [-0.3, -0.25) is 9.78 Å². The van der Waals surface area contributed by atoms with Crippen LogP contribution in [0.4, 0.5) is 0 Å². The van der Waals surface area contributed by atoms with Crippen molar-refractivity contribution in [3.63, 3.8) is 0 Å². The molecule has 0 unspecified atom stereocenters. The van der Waals surface area contributed by atoms with Gasteiger partial charge >= 0.3 is 0 Å². The van der Waals surface area contributed by atoms with Gasteiger partial charge in [-0.25, -0.2) is 4.98 Å². The second-order valence-electron chi connectivity index (χ2n) is 5.77. The van der Waals surface area contributed by atoms with Gasteiger partial charge in [-0.2, -0.15) is 0 Å². The minimum Gasteiger partial charge on any atom is -0.346 e. The molecular weight excluding hydrogens is 326 g/mol. The minimum atomic E-state index is -0.000347. The number of thiazole rings is 1. The lowest BCUT2D eigenvalue weighted by molar-refractivity contribution is -0.119. The molecule has 23 heavy (non-hydrogen) atoms. The van der Waals surface area contributed by atoms with Gasteiger partial charge in [0.1, 0.15) is 5.01 Å². The molecule has 1 aliphatic rings. The molecule has 122 valence electrons. The molecule has 1 aliphatic carbocycles. The molecule has 0 saturated heterocycles. The largest absolute Gasteiger partial charge is 0.346 e. The molecule has 6 heteroatoms. The third kappa shape index (κ3) is 4.54. The van der Waals surface area contributed by atoms with Crippen molar-refractivity contribution in [3.05, 3.63) is 45.7 Å². The van der Waals surface area contributed by atoms with Crippen molar-refractivity contribution in [1.29, 1.82) is 0 Å². The van der Waals surface area contributed by atoms with E-state index in [2.05, 4.69) is 10.3 Å². The number of aryl methyl sites for hydroxylation is 2. The van der Waals surface area contributed by atoms with Gasteiger partial charge < -0.3 is 5.32 Å². The van der Waals surface area contributed by atoms with Crippen molar-refractivity contribution >= 4 is 29.0 Å². The molecular formula is C17H21N3OS2. The van der Waals surface area contributed by atoms with E-state index in [9.17, 15) is 4.79 Å². The zero-order valence-electron chi connectivity index (χ0n) is 13.2. The highest BCUT2D eigenvalue weighted by atomic mass is 32.2. The first-order valence-corrected chi connectivity index (χ1v) is 9.94. The van der Waals surface area contributed by atoms with Crippen molar-refractivity contribution in [2.75, 3.05) is 5.75 Å². The zero-order chi connectivity index (χ0) is 16.1. The van der Waals surface area contributed by atoms with Gasteiger partial charge in [-0.1, -0.05) is 0 Å². The molecule has 0 fully saturated rings. The van der Waals surface area contributed by atoms with Gasteiger partial charge in [0.15, 0.2) is 0 Å². The smallest absolute Gasteiger partial charge is 0.230 e. The van der Waals surface area contributed by atoms with Crippen LogP contribution in [0.3, 0.4) is 0 Å². The highest BCUT2D eigenvalue weighted by Gasteiger charge is 2.19. The maximum atomic E-state index is 12.1. The first kappa shape index (κ1) is 16.5. The number of aromatic nitrogens is 2. The van der Waals surface area contributed by atoms with Gasteiger partial charge in [0.2, 0.25) is 5.91 Å². The van der Waals surface area contributed by atoms with Crippen molar-refractivity contribution in [2.24, 2.45) is 0 Å². The lowest BCUT2D eigenvalue weighted by Gasteiger charge is -2.11. The standard InChI is InChI=1S/C17H21N3OS2/c1-12(17-20-14-4-2-3-5-15(14)23-17)19-16(21)11-22-10-13-6-8-18-9-7-13/h6-9,12H,2-5,10-11H2,1H3,(H,19,21)/t12-/m1/s1. The molecule has 4 nitrogen and oxygen atoms in total. The van der Waals surface area contributed by atoms with E-state index in [0.29, 0.717) is 5.75 Å². The van der Waals surface area contributed by atoms with Crippen LogP contribution < -0.4 is 5.32 Å². The summed E-state index contributed by atoms with van der Waals surface area (Å²) in [5.41, 5.74) is 2.45. The summed E-state index contributed by atoms with van der Waals surface area (Å²) in [6.07, 6.45) is 8.30. The van der Waals surface area contributed by atoms with Crippen LogP contribution in [0.15, 0.2) is 24.5 Å². The molecule has 1 N–H and O–H groups in total. The summed E-state index contributed by atoms with van der Waals surface area (Å²) in [7, 11) is 0. The number of fused-ring (bicyclic) bond motifs is 1. The molecule has 1 amide bonds. The monoisotopic (exact) mass is 347 g/mol. The molecule has 1 atom stereocenters. The Kier molecular flexibility index (Phi) is 5.67. The Hall–Kier alpha value is -1.40. The van der Waals surface area contributed by atoms with Gasteiger partial charge in [0.05, 0.1) is 17.5 Å². The van der Waals surface area contributed by atoms with E-state index in [-0.39, 0.29) is 11.9 Å². The topological polar surface area (TPSA) is 54.9 Å². The minimum absolute atomic E-state index is 0.000347. The first-order chi connectivity index (χ1) is 11.2. The maximum absolute atomic E-state index is 12.1. The average Bonchev–Trinajstić information content (AvgIpc) is 3.00. The summed E-state index contributed by atoms with van der Waals surface area (Å²) in [5, 5.41) is 4.11. The van der Waals surface area contributed by atoms with Gasteiger partial charge in [-0.05, 0) is 50.3 Å². The van der Waals surface area contributed by atoms with E-state index in [0.717, 1.165) is 23.6 Å². The Morgan fingerprint density at radius 1 is 1.35 bits per heavy atom. The lowest BCUT2D eigenvalue weighted by atomic mass is 10.0. The fourth-order valence-electron chi connectivity index (χ4n) is 2.64. The highest BCUT2D eigenvalue weighted by Crippen LogP contribution is 2.29. The van der Waals surface area contributed by atoms with E-state index in [1.165, 1.54) is 29.0 Å². The highest BCUT2D eigenvalue weighted by molar-refractivity contribution is 7.99. The van der Waals surface area contributed by atoms with Crippen molar-refractivity contribution in [1.82, 2.24) is 15.3 Å². The van der Waals surface area contributed by atoms with Crippen LogP contribution >= 0.6 is 23.1 Å². The quantitative estimate of drug-likeness (QED) is 0.868. The molecule has 2 aromatic rings. The number of nitrogens with one attached hydrogen (secondary N) is 1. The third-order valence-electron chi connectivity index (χ3n) is 3.86. The maximum Gasteiger partial charge on any atom is 0.230 e. The van der Waals surface area contributed by atoms with Crippen LogP contribution in [-0.2, 0) is 23.4 Å². The molecule has 0 aromatic carbocycles. The number of thioether (sulfide) groups is 1. The number of carbonyl (C=O) groups is 1. The fraction of sp³-hybridized carbons (Fsp3) is 0.471. The molecule has 0 bridgehead atoms. The summed E-state index contributed by atoms with van der Waals surface area (Å²) in [5.74, 6) is 1.37. The van der Waals surface area contributed by atoms with Crippen LogP contribution in [0.5, 0.6) is 0 Å². The molecule has 0 spiro atoms. The predicted octanol–water partition coefficient (Wildman–Crippen LogP) is 3.53. The summed E-state index contributed by atoms with van der Waals surface area (Å²) < 4.78 is 0. The number of rotatable bonds is 6. The SMILES string of the molecule is C[C@@H](NC(=O)CSCc1ccncc1)c1nc2c(s1)CCCC2. The van der Waals surface area contributed by atoms with E-state index < -0.39 is 0 Å². The van der Waals surface area contributed by atoms with Crippen LogP contribution in [0.25, 0.3) is 0 Å². The van der Waals surface area contributed by atoms with Crippen LogP contribution in [0.2, 0.25) is 0 Å². The summed E-state index contributed by atoms with van der Waals surface area (Å²) in [4.78, 5) is 22.2. The van der Waals surface area contributed by atoms with E-state index in [1.54, 1.807) is 35.5 Å². The number of carbonyl (C=O) groups excluding carboxylic acids is 1. The second kappa shape index (κ2) is 7.93. The summed E-state index contributed by atoms with van der Waals surface area (Å²) in [6, 6.07) is 3.96. The molecule has 0 radical (unpaired) electrons. The van der Waals surface area contributed by atoms with Crippen LogP contribution in [0, 0.1) is 0 Å². The van der Waals surface area contributed by atoms with E-state index in [1.807, 2.05) is 19.1 Å². The van der Waals surface area contributed by atoms with Gasteiger partial charge in [0, 0.05) is 23.0 Å². The van der Waals surface area contributed by atoms with Crippen molar-refractivity contribution < 1.29 is 4.79 Å². The molecule has 2 aromatic heterocycles. The van der Waals surface area contributed by atoms with E-state index >= 15 is 0 Å². The number of hydrogen-bond donors (Lipinski definition) is 1. The van der Waals surface area contributed by atoms with Crippen LogP contribution in [0.1, 0.15) is 46.9 Å². The number of pyridine rings is 1. The average molecular weight is 348 g/mol. The third-order valence-corrected chi connectivity index (χ3v) is 6.21. The van der Waals surface area contributed by atoms with Crippen molar-refractivity contribution in [3.8, 4) is 0 Å².